The van der Waals surface area contributed by atoms with Crippen molar-refractivity contribution in [2.24, 2.45) is 4.99 Å². The number of nitrogens with zero attached hydrogens (tertiary/aromatic N) is 3. The normalized spacial score (nSPS) is 22.2. The first-order valence-corrected chi connectivity index (χ1v) is 9.02. The SMILES string of the molecule is O=C1NC(N[C@H]2c3ccccc3C[C@@H]2O)=N/C1=C\c1ccc2nccnc2c1. The van der Waals surface area contributed by atoms with Gasteiger partial charge in [0.15, 0.2) is 0 Å². The molecule has 0 fully saturated rings. The molecule has 2 atom stereocenters. The maximum absolute atomic E-state index is 12.3. The molecule has 138 valence electrons. The highest BCUT2D eigenvalue weighted by Crippen LogP contribution is 2.31. The van der Waals surface area contributed by atoms with Crippen molar-refractivity contribution in [3.8, 4) is 0 Å². The zero-order valence-corrected chi connectivity index (χ0v) is 14.8. The van der Waals surface area contributed by atoms with Gasteiger partial charge in [0, 0.05) is 18.8 Å². The van der Waals surface area contributed by atoms with Gasteiger partial charge in [-0.05, 0) is 34.9 Å². The lowest BCUT2D eigenvalue weighted by Crippen LogP contribution is -2.41. The van der Waals surface area contributed by atoms with Crippen LogP contribution in [0, 0.1) is 0 Å². The second kappa shape index (κ2) is 6.54. The monoisotopic (exact) mass is 371 g/mol. The minimum atomic E-state index is -0.566. The van der Waals surface area contributed by atoms with Crippen LogP contribution < -0.4 is 10.6 Å². The van der Waals surface area contributed by atoms with Gasteiger partial charge in [0.25, 0.3) is 5.91 Å². The number of rotatable bonds is 2. The average molecular weight is 371 g/mol. The lowest BCUT2D eigenvalue weighted by Gasteiger charge is -2.18. The fraction of sp³-hybridized carbons (Fsp3) is 0.143. The fourth-order valence-electron chi connectivity index (χ4n) is 3.66. The van der Waals surface area contributed by atoms with E-state index in [9.17, 15) is 9.90 Å². The molecular formula is C21H17N5O2. The number of hydrogen-bond donors (Lipinski definition) is 3. The van der Waals surface area contributed by atoms with E-state index in [-0.39, 0.29) is 11.9 Å². The Morgan fingerprint density at radius 2 is 1.93 bits per heavy atom. The molecule has 1 aliphatic heterocycles. The summed E-state index contributed by atoms with van der Waals surface area (Å²) in [6.45, 7) is 0. The maximum Gasteiger partial charge on any atom is 0.276 e. The molecule has 1 aliphatic carbocycles. The first-order valence-electron chi connectivity index (χ1n) is 9.02. The minimum absolute atomic E-state index is 0.289. The number of aliphatic hydroxyl groups is 1. The molecule has 0 unspecified atom stereocenters. The lowest BCUT2D eigenvalue weighted by atomic mass is 10.1. The van der Waals surface area contributed by atoms with Crippen LogP contribution in [0.25, 0.3) is 17.1 Å². The molecule has 2 aromatic carbocycles. The number of nitrogens with one attached hydrogen (secondary N) is 2. The molecular weight excluding hydrogens is 354 g/mol. The molecule has 3 N–H and O–H groups in total. The third-order valence-corrected chi connectivity index (χ3v) is 4.99. The van der Waals surface area contributed by atoms with Gasteiger partial charge in [-0.25, -0.2) is 4.99 Å². The van der Waals surface area contributed by atoms with Crippen molar-refractivity contribution in [3.63, 3.8) is 0 Å². The van der Waals surface area contributed by atoms with Crippen LogP contribution in [0.3, 0.4) is 0 Å². The Kier molecular flexibility index (Phi) is 3.87. The number of fused-ring (bicyclic) bond motifs is 2. The largest absolute Gasteiger partial charge is 0.390 e. The van der Waals surface area contributed by atoms with E-state index in [4.69, 9.17) is 0 Å². The van der Waals surface area contributed by atoms with Crippen LogP contribution in [0.15, 0.2) is 65.5 Å². The Balaban J connectivity index is 1.41. The van der Waals surface area contributed by atoms with Gasteiger partial charge in [0.05, 0.1) is 23.2 Å². The van der Waals surface area contributed by atoms with E-state index in [0.29, 0.717) is 18.1 Å². The summed E-state index contributed by atoms with van der Waals surface area (Å²) in [6.07, 6.45) is 4.99. The molecule has 7 heteroatoms. The summed E-state index contributed by atoms with van der Waals surface area (Å²) in [5.41, 5.74) is 4.78. The van der Waals surface area contributed by atoms with Gasteiger partial charge in [0.2, 0.25) is 5.96 Å². The summed E-state index contributed by atoms with van der Waals surface area (Å²) in [5, 5.41) is 16.3. The molecule has 2 heterocycles. The number of guanidine groups is 1. The first kappa shape index (κ1) is 16.6. The number of amides is 1. The third kappa shape index (κ3) is 2.91. The molecule has 1 aromatic heterocycles. The van der Waals surface area contributed by atoms with Gasteiger partial charge in [0.1, 0.15) is 5.70 Å². The number of aromatic nitrogens is 2. The van der Waals surface area contributed by atoms with E-state index in [1.54, 1.807) is 18.5 Å². The van der Waals surface area contributed by atoms with Crippen molar-refractivity contribution in [1.82, 2.24) is 20.6 Å². The first-order chi connectivity index (χ1) is 13.7. The smallest absolute Gasteiger partial charge is 0.276 e. The number of carbonyl (C=O) groups is 1. The van der Waals surface area contributed by atoms with Crippen LogP contribution in [0.2, 0.25) is 0 Å². The summed E-state index contributed by atoms with van der Waals surface area (Å²) in [6, 6.07) is 13.2. The second-order valence-corrected chi connectivity index (χ2v) is 6.84. The van der Waals surface area contributed by atoms with Gasteiger partial charge in [-0.15, -0.1) is 0 Å². The van der Waals surface area contributed by atoms with Crippen LogP contribution in [-0.2, 0) is 11.2 Å². The summed E-state index contributed by atoms with van der Waals surface area (Å²) in [7, 11) is 0. The summed E-state index contributed by atoms with van der Waals surface area (Å²) in [5.74, 6) is 0.0556. The van der Waals surface area contributed by atoms with Crippen LogP contribution >= 0.6 is 0 Å². The van der Waals surface area contributed by atoms with E-state index < -0.39 is 6.10 Å². The van der Waals surface area contributed by atoms with E-state index in [1.165, 1.54) is 0 Å². The number of carbonyl (C=O) groups excluding carboxylic acids is 1. The standard InChI is InChI=1S/C21H17N5O2/c27-18-11-13-3-1-2-4-14(13)19(18)25-21-24-17(20(28)26-21)10-12-5-6-15-16(9-12)23-8-7-22-15/h1-10,18-19,27H,11H2,(H2,24,25,26,28)/b17-10-/t18-,19-/m0/s1. The fourth-order valence-corrected chi connectivity index (χ4v) is 3.66. The summed E-state index contributed by atoms with van der Waals surface area (Å²) < 4.78 is 0. The molecule has 28 heavy (non-hydrogen) atoms. The molecule has 2 aliphatic rings. The predicted molar refractivity (Wildman–Crippen MR) is 105 cm³/mol. The number of hydrogen-bond acceptors (Lipinski definition) is 6. The van der Waals surface area contributed by atoms with Crippen molar-refractivity contribution >= 4 is 29.0 Å². The van der Waals surface area contributed by atoms with E-state index >= 15 is 0 Å². The van der Waals surface area contributed by atoms with Crippen molar-refractivity contribution in [1.29, 1.82) is 0 Å². The molecule has 5 rings (SSSR count). The molecule has 1 amide bonds. The van der Waals surface area contributed by atoms with Crippen LogP contribution in [0.4, 0.5) is 0 Å². The second-order valence-electron chi connectivity index (χ2n) is 6.84. The van der Waals surface area contributed by atoms with Crippen molar-refractivity contribution in [2.45, 2.75) is 18.6 Å². The Bertz CT molecular complexity index is 1150. The number of aliphatic imine (C=N–C) groups is 1. The Morgan fingerprint density at radius 1 is 1.11 bits per heavy atom. The molecule has 7 nitrogen and oxygen atoms in total. The van der Waals surface area contributed by atoms with E-state index in [1.807, 2.05) is 42.5 Å². The topological polar surface area (TPSA) is 99.5 Å². The van der Waals surface area contributed by atoms with Crippen molar-refractivity contribution in [2.75, 3.05) is 0 Å². The van der Waals surface area contributed by atoms with E-state index in [0.717, 1.165) is 27.7 Å². The van der Waals surface area contributed by atoms with Crippen LogP contribution in [-0.4, -0.2) is 33.0 Å². The van der Waals surface area contributed by atoms with Gasteiger partial charge >= 0.3 is 0 Å². The molecule has 0 spiro atoms. The van der Waals surface area contributed by atoms with Gasteiger partial charge in [-0.1, -0.05) is 30.3 Å². The summed E-state index contributed by atoms with van der Waals surface area (Å²) in [4.78, 5) is 25.2. The van der Waals surface area contributed by atoms with Crippen LogP contribution in [0.1, 0.15) is 22.7 Å². The third-order valence-electron chi connectivity index (χ3n) is 4.99. The number of benzene rings is 2. The summed E-state index contributed by atoms with van der Waals surface area (Å²) >= 11 is 0. The Hall–Kier alpha value is -3.58. The Morgan fingerprint density at radius 3 is 2.82 bits per heavy atom. The lowest BCUT2D eigenvalue weighted by molar-refractivity contribution is -0.115. The minimum Gasteiger partial charge on any atom is -0.390 e. The zero-order chi connectivity index (χ0) is 19.1. The highest BCUT2D eigenvalue weighted by molar-refractivity contribution is 6.13. The Labute approximate surface area is 160 Å². The molecule has 0 radical (unpaired) electrons. The number of aliphatic hydroxyl groups excluding tert-OH is 1. The van der Waals surface area contributed by atoms with Crippen molar-refractivity contribution in [3.05, 3.63) is 77.2 Å². The maximum atomic E-state index is 12.3. The molecule has 3 aromatic rings. The van der Waals surface area contributed by atoms with Crippen LogP contribution in [0.5, 0.6) is 0 Å². The quantitative estimate of drug-likeness (QED) is 0.596. The molecule has 0 bridgehead atoms. The van der Waals surface area contributed by atoms with Gasteiger partial charge in [-0.3, -0.25) is 20.1 Å². The van der Waals surface area contributed by atoms with Crippen molar-refractivity contribution < 1.29 is 9.90 Å². The zero-order valence-electron chi connectivity index (χ0n) is 14.8. The van der Waals surface area contributed by atoms with Gasteiger partial charge in [-0.2, -0.15) is 0 Å². The highest BCUT2D eigenvalue weighted by Gasteiger charge is 2.33. The van der Waals surface area contributed by atoms with E-state index in [2.05, 4.69) is 25.6 Å². The van der Waals surface area contributed by atoms with Gasteiger partial charge < -0.3 is 10.4 Å². The average Bonchev–Trinajstić information content (AvgIpc) is 3.21. The predicted octanol–water partition coefficient (Wildman–Crippen LogP) is 1.70. The molecule has 0 saturated carbocycles. The highest BCUT2D eigenvalue weighted by atomic mass is 16.3. The molecule has 0 saturated heterocycles.